The third kappa shape index (κ3) is 18.1. The predicted molar refractivity (Wildman–Crippen MR) is 106 cm³/mol. The predicted octanol–water partition coefficient (Wildman–Crippen LogP) is 8.79. The van der Waals surface area contributed by atoms with Gasteiger partial charge in [-0.3, -0.25) is 0 Å². The first-order valence-electron chi connectivity index (χ1n) is 10.7. The zero-order valence-corrected chi connectivity index (χ0v) is 17.1. The summed E-state index contributed by atoms with van der Waals surface area (Å²) in [6.07, 6.45) is 20.0. The van der Waals surface area contributed by atoms with E-state index in [0.29, 0.717) is 0 Å². The van der Waals surface area contributed by atoms with Gasteiger partial charge in [0.25, 0.3) is 0 Å². The molecular formula is C22H48. The summed E-state index contributed by atoms with van der Waals surface area (Å²) in [4.78, 5) is 0. The fourth-order valence-electron chi connectivity index (χ4n) is 3.33. The maximum atomic E-state index is 2.32. The quantitative estimate of drug-likeness (QED) is 0.420. The molecule has 0 N–H and O–H groups in total. The lowest BCUT2D eigenvalue weighted by atomic mass is 9.78. The summed E-state index contributed by atoms with van der Waals surface area (Å²) in [6.45, 7) is 13.5. The van der Waals surface area contributed by atoms with Crippen molar-refractivity contribution in [3.8, 4) is 0 Å². The molecule has 0 saturated heterocycles. The highest BCUT2D eigenvalue weighted by atomic mass is 14.2. The van der Waals surface area contributed by atoms with Gasteiger partial charge in [0, 0.05) is 0 Å². The van der Waals surface area contributed by atoms with Gasteiger partial charge in [-0.25, -0.2) is 0 Å². The first-order valence-corrected chi connectivity index (χ1v) is 10.7. The molecule has 0 spiro atoms. The zero-order valence-electron chi connectivity index (χ0n) is 17.1. The Kier molecular flexibility index (Phi) is 23.2. The maximum absolute atomic E-state index is 2.32. The highest BCUT2D eigenvalue weighted by Gasteiger charge is 2.19. The molecule has 1 aliphatic rings. The zero-order chi connectivity index (χ0) is 17.1. The Morgan fingerprint density at radius 2 is 0.727 bits per heavy atom. The van der Waals surface area contributed by atoms with Crippen LogP contribution in [0.5, 0.6) is 0 Å². The van der Waals surface area contributed by atoms with Gasteiger partial charge in [0.2, 0.25) is 0 Å². The smallest absolute Gasteiger partial charge is 0.0414 e. The molecule has 0 nitrogen and oxygen atoms in total. The van der Waals surface area contributed by atoms with Crippen LogP contribution < -0.4 is 0 Å². The van der Waals surface area contributed by atoms with Crippen LogP contribution in [0.4, 0.5) is 0 Å². The summed E-state index contributed by atoms with van der Waals surface area (Å²) in [5.74, 6) is 2.17. The topological polar surface area (TPSA) is 0 Å². The molecule has 0 aliphatic heterocycles. The average molecular weight is 313 g/mol. The molecule has 22 heavy (non-hydrogen) atoms. The van der Waals surface area contributed by atoms with Gasteiger partial charge in [0.1, 0.15) is 0 Å². The van der Waals surface area contributed by atoms with E-state index in [9.17, 15) is 0 Å². The van der Waals surface area contributed by atoms with Crippen LogP contribution >= 0.6 is 0 Å². The van der Waals surface area contributed by atoms with Crippen LogP contribution in [-0.2, 0) is 0 Å². The minimum atomic E-state index is 1.09. The van der Waals surface area contributed by atoms with Crippen molar-refractivity contribution < 1.29 is 0 Å². The van der Waals surface area contributed by atoms with Gasteiger partial charge >= 0.3 is 0 Å². The third-order valence-electron chi connectivity index (χ3n) is 4.77. The van der Waals surface area contributed by atoms with E-state index in [-0.39, 0.29) is 0 Å². The summed E-state index contributed by atoms with van der Waals surface area (Å²) in [7, 11) is 0. The van der Waals surface area contributed by atoms with E-state index in [0.717, 1.165) is 11.8 Å². The van der Waals surface area contributed by atoms with Crippen molar-refractivity contribution in [1.82, 2.24) is 0 Å². The van der Waals surface area contributed by atoms with E-state index in [1.54, 1.807) is 0 Å². The number of hydrogen-bond donors (Lipinski definition) is 0. The van der Waals surface area contributed by atoms with Gasteiger partial charge in [0.05, 0.1) is 0 Å². The Morgan fingerprint density at radius 1 is 0.455 bits per heavy atom. The maximum Gasteiger partial charge on any atom is -0.0414 e. The Morgan fingerprint density at radius 3 is 0.864 bits per heavy atom. The Balaban J connectivity index is 0. The number of rotatable bonds is 8. The minimum Gasteiger partial charge on any atom is -0.0654 e. The minimum absolute atomic E-state index is 1.09. The average Bonchev–Trinajstić information content (AvgIpc) is 2.53. The molecule has 0 radical (unpaired) electrons. The molecule has 0 unspecified atom stereocenters. The van der Waals surface area contributed by atoms with E-state index < -0.39 is 0 Å². The number of hydrogen-bond acceptors (Lipinski definition) is 0. The Hall–Kier alpha value is 0. The second-order valence-electron chi connectivity index (χ2n) is 7.17. The van der Waals surface area contributed by atoms with Crippen LogP contribution in [0.3, 0.4) is 0 Å². The van der Waals surface area contributed by atoms with Crippen molar-refractivity contribution in [2.24, 2.45) is 11.8 Å². The standard InChI is InChI=1S/C12H24.2C5H12/c1-3-5-11-7-9-12(6-4-2)10-8-11;2*1-3-5-4-2/h11-12H,3-10H2,1-2H3;2*3-5H2,1-2H3. The summed E-state index contributed by atoms with van der Waals surface area (Å²) in [6, 6.07) is 0. The fourth-order valence-corrected chi connectivity index (χ4v) is 3.33. The van der Waals surface area contributed by atoms with Crippen LogP contribution in [0.25, 0.3) is 0 Å². The van der Waals surface area contributed by atoms with Gasteiger partial charge in [-0.2, -0.15) is 0 Å². The third-order valence-corrected chi connectivity index (χ3v) is 4.77. The molecule has 136 valence electrons. The molecule has 1 rings (SSSR count). The molecule has 0 heterocycles. The normalized spacial score (nSPS) is 20.5. The van der Waals surface area contributed by atoms with E-state index >= 15 is 0 Å². The van der Waals surface area contributed by atoms with Gasteiger partial charge < -0.3 is 0 Å². The molecule has 0 bridgehead atoms. The van der Waals surface area contributed by atoms with E-state index in [2.05, 4.69) is 41.5 Å². The first-order chi connectivity index (χ1) is 10.7. The number of unbranched alkanes of at least 4 members (excludes halogenated alkanes) is 4. The molecule has 0 amide bonds. The molecule has 0 aromatic rings. The van der Waals surface area contributed by atoms with Crippen molar-refractivity contribution in [3.05, 3.63) is 0 Å². The summed E-state index contributed by atoms with van der Waals surface area (Å²) < 4.78 is 0. The van der Waals surface area contributed by atoms with Crippen LogP contribution in [0.1, 0.15) is 131 Å². The molecular weight excluding hydrogens is 264 g/mol. The summed E-state index contributed by atoms with van der Waals surface area (Å²) in [5, 5.41) is 0. The lowest BCUT2D eigenvalue weighted by Gasteiger charge is -2.27. The highest BCUT2D eigenvalue weighted by Crippen LogP contribution is 2.33. The van der Waals surface area contributed by atoms with Gasteiger partial charge in [-0.05, 0) is 11.8 Å². The van der Waals surface area contributed by atoms with Crippen molar-refractivity contribution in [3.63, 3.8) is 0 Å². The lowest BCUT2D eigenvalue weighted by molar-refractivity contribution is 0.251. The van der Waals surface area contributed by atoms with Gasteiger partial charge in [0.15, 0.2) is 0 Å². The van der Waals surface area contributed by atoms with E-state index in [1.807, 2.05) is 0 Å². The molecule has 1 fully saturated rings. The second-order valence-corrected chi connectivity index (χ2v) is 7.17. The summed E-state index contributed by atoms with van der Waals surface area (Å²) >= 11 is 0. The molecule has 0 aromatic carbocycles. The molecule has 1 aliphatic carbocycles. The van der Waals surface area contributed by atoms with E-state index in [1.165, 1.54) is 89.9 Å². The van der Waals surface area contributed by atoms with Gasteiger partial charge in [-0.15, -0.1) is 0 Å². The first kappa shape index (κ1) is 24.3. The fraction of sp³-hybridized carbons (Fsp3) is 1.00. The highest BCUT2D eigenvalue weighted by molar-refractivity contribution is 4.71. The monoisotopic (exact) mass is 312 g/mol. The van der Waals surface area contributed by atoms with Crippen molar-refractivity contribution in [2.45, 2.75) is 131 Å². The lowest BCUT2D eigenvalue weighted by Crippen LogP contribution is -2.14. The second kappa shape index (κ2) is 21.0. The molecule has 1 saturated carbocycles. The largest absolute Gasteiger partial charge is 0.0654 e. The van der Waals surface area contributed by atoms with E-state index in [4.69, 9.17) is 0 Å². The van der Waals surface area contributed by atoms with Gasteiger partial charge in [-0.1, -0.05) is 131 Å². The van der Waals surface area contributed by atoms with Crippen molar-refractivity contribution in [1.29, 1.82) is 0 Å². The molecule has 0 aromatic heterocycles. The summed E-state index contributed by atoms with van der Waals surface area (Å²) in [5.41, 5.74) is 0. The molecule has 0 heteroatoms. The van der Waals surface area contributed by atoms with Crippen molar-refractivity contribution >= 4 is 0 Å². The van der Waals surface area contributed by atoms with Crippen LogP contribution in [0.2, 0.25) is 0 Å². The van der Waals surface area contributed by atoms with Crippen LogP contribution in [0, 0.1) is 11.8 Å². The van der Waals surface area contributed by atoms with Crippen LogP contribution in [0.15, 0.2) is 0 Å². The Labute approximate surface area is 143 Å². The van der Waals surface area contributed by atoms with Crippen molar-refractivity contribution in [2.75, 3.05) is 0 Å². The molecule has 0 atom stereocenters. The SMILES string of the molecule is CCCC1CCC(CCC)CC1.CCCCC.CCCCC. The Bertz CT molecular complexity index is 141. The van der Waals surface area contributed by atoms with Crippen LogP contribution in [-0.4, -0.2) is 0 Å².